The summed E-state index contributed by atoms with van der Waals surface area (Å²) in [5.41, 5.74) is 7.49. The molecule has 1 fully saturated rings. The minimum Gasteiger partial charge on any atom is -0.329 e. The number of nitrogens with zero attached hydrogens (tertiary/aromatic N) is 1. The highest BCUT2D eigenvalue weighted by Crippen LogP contribution is 2.37. The Labute approximate surface area is 123 Å². The van der Waals surface area contributed by atoms with Gasteiger partial charge in [-0.05, 0) is 42.1 Å². The molecule has 0 spiro atoms. The first-order valence-corrected chi connectivity index (χ1v) is 7.49. The van der Waals surface area contributed by atoms with Gasteiger partial charge in [-0.1, -0.05) is 41.4 Å². The number of hydrogen-bond acceptors (Lipinski definition) is 2. The van der Waals surface area contributed by atoms with Crippen molar-refractivity contribution in [3.63, 3.8) is 0 Å². The number of benzene rings is 1. The fourth-order valence-electron chi connectivity index (χ4n) is 2.66. The number of likely N-dealkylation sites (tertiary alicyclic amines) is 1. The van der Waals surface area contributed by atoms with Crippen LogP contribution in [-0.2, 0) is 0 Å². The fourth-order valence-corrected chi connectivity index (χ4v) is 3.29. The number of hydrogen-bond donors (Lipinski definition) is 1. The van der Waals surface area contributed by atoms with Crippen molar-refractivity contribution in [3.05, 3.63) is 33.3 Å². The molecule has 0 aliphatic carbocycles. The lowest BCUT2D eigenvalue weighted by atomic mass is 9.93. The third-order valence-corrected chi connectivity index (χ3v) is 4.53. The summed E-state index contributed by atoms with van der Waals surface area (Å²) in [6.07, 6.45) is 1.22. The highest BCUT2D eigenvalue weighted by molar-refractivity contribution is 9.10. The second-order valence-electron chi connectivity index (χ2n) is 5.80. The van der Waals surface area contributed by atoms with Crippen molar-refractivity contribution < 1.29 is 0 Å². The van der Waals surface area contributed by atoms with Crippen LogP contribution in [0.5, 0.6) is 0 Å². The monoisotopic (exact) mass is 330 g/mol. The van der Waals surface area contributed by atoms with Crippen LogP contribution in [0.25, 0.3) is 0 Å². The van der Waals surface area contributed by atoms with Crippen LogP contribution in [0.15, 0.2) is 22.7 Å². The van der Waals surface area contributed by atoms with Crippen LogP contribution in [0.1, 0.15) is 31.9 Å². The van der Waals surface area contributed by atoms with Crippen molar-refractivity contribution in [3.8, 4) is 0 Å². The van der Waals surface area contributed by atoms with Gasteiger partial charge >= 0.3 is 0 Å². The summed E-state index contributed by atoms with van der Waals surface area (Å²) >= 11 is 9.82. The van der Waals surface area contributed by atoms with E-state index in [0.717, 1.165) is 28.1 Å². The molecule has 1 atom stereocenters. The zero-order chi connectivity index (χ0) is 13.3. The predicted octanol–water partition coefficient (Wildman–Crippen LogP) is 3.83. The molecule has 0 amide bonds. The van der Waals surface area contributed by atoms with E-state index in [9.17, 15) is 0 Å². The van der Waals surface area contributed by atoms with Crippen LogP contribution in [-0.4, -0.2) is 24.5 Å². The number of rotatable bonds is 3. The van der Waals surface area contributed by atoms with Crippen molar-refractivity contribution in [2.75, 3.05) is 19.6 Å². The van der Waals surface area contributed by atoms with E-state index < -0.39 is 0 Å². The van der Waals surface area contributed by atoms with E-state index in [-0.39, 0.29) is 6.04 Å². The van der Waals surface area contributed by atoms with E-state index in [1.54, 1.807) is 0 Å². The van der Waals surface area contributed by atoms with Crippen molar-refractivity contribution >= 4 is 27.5 Å². The largest absolute Gasteiger partial charge is 0.329 e. The lowest BCUT2D eigenvalue weighted by Crippen LogP contribution is -2.33. The molecule has 0 aromatic heterocycles. The van der Waals surface area contributed by atoms with Crippen LogP contribution >= 0.6 is 27.5 Å². The van der Waals surface area contributed by atoms with Gasteiger partial charge in [-0.15, -0.1) is 0 Å². The van der Waals surface area contributed by atoms with Gasteiger partial charge < -0.3 is 5.73 Å². The van der Waals surface area contributed by atoms with E-state index in [1.807, 2.05) is 12.1 Å². The Morgan fingerprint density at radius 3 is 2.78 bits per heavy atom. The van der Waals surface area contributed by atoms with Gasteiger partial charge in [0.1, 0.15) is 0 Å². The van der Waals surface area contributed by atoms with Crippen molar-refractivity contribution in [1.82, 2.24) is 4.90 Å². The SMILES string of the molecule is CC1(C)CCN(C(CN)c2cc(Br)ccc2Cl)C1. The van der Waals surface area contributed by atoms with Gasteiger partial charge in [0.25, 0.3) is 0 Å². The van der Waals surface area contributed by atoms with E-state index in [1.165, 1.54) is 6.42 Å². The van der Waals surface area contributed by atoms with Crippen molar-refractivity contribution in [2.24, 2.45) is 11.1 Å². The molecule has 18 heavy (non-hydrogen) atoms. The van der Waals surface area contributed by atoms with Crippen LogP contribution in [0.2, 0.25) is 5.02 Å². The molecule has 2 nitrogen and oxygen atoms in total. The van der Waals surface area contributed by atoms with Gasteiger partial charge in [0.15, 0.2) is 0 Å². The molecule has 0 bridgehead atoms. The maximum Gasteiger partial charge on any atom is 0.0485 e. The Hall–Kier alpha value is -0.0900. The van der Waals surface area contributed by atoms with Gasteiger partial charge in [0.05, 0.1) is 0 Å². The molecule has 2 rings (SSSR count). The summed E-state index contributed by atoms with van der Waals surface area (Å²) in [5.74, 6) is 0. The average molecular weight is 332 g/mol. The smallest absolute Gasteiger partial charge is 0.0485 e. The summed E-state index contributed by atoms with van der Waals surface area (Å²) in [7, 11) is 0. The molecule has 2 N–H and O–H groups in total. The molecule has 0 saturated carbocycles. The minimum absolute atomic E-state index is 0.219. The molecule has 1 aromatic carbocycles. The van der Waals surface area contributed by atoms with E-state index in [4.69, 9.17) is 17.3 Å². The van der Waals surface area contributed by atoms with Crippen LogP contribution in [0.4, 0.5) is 0 Å². The minimum atomic E-state index is 0.219. The quantitative estimate of drug-likeness (QED) is 0.912. The maximum atomic E-state index is 6.32. The molecule has 4 heteroatoms. The van der Waals surface area contributed by atoms with E-state index in [2.05, 4.69) is 40.7 Å². The Balaban J connectivity index is 2.26. The zero-order valence-corrected chi connectivity index (χ0v) is 13.3. The molecule has 1 heterocycles. The third-order valence-electron chi connectivity index (χ3n) is 3.69. The molecule has 1 aliphatic heterocycles. The first-order chi connectivity index (χ1) is 8.43. The van der Waals surface area contributed by atoms with Crippen LogP contribution in [0, 0.1) is 5.41 Å². The fraction of sp³-hybridized carbons (Fsp3) is 0.571. The van der Waals surface area contributed by atoms with E-state index in [0.29, 0.717) is 12.0 Å². The molecular formula is C14H20BrClN2. The Morgan fingerprint density at radius 2 is 2.22 bits per heavy atom. The van der Waals surface area contributed by atoms with Gasteiger partial charge in [-0.3, -0.25) is 4.90 Å². The topological polar surface area (TPSA) is 29.3 Å². The standard InChI is InChI=1S/C14H20BrClN2/c1-14(2)5-6-18(9-14)13(8-17)11-7-10(15)3-4-12(11)16/h3-4,7,13H,5-6,8-9,17H2,1-2H3. The van der Waals surface area contributed by atoms with Crippen molar-refractivity contribution in [2.45, 2.75) is 26.3 Å². The molecular weight excluding hydrogens is 312 g/mol. The van der Waals surface area contributed by atoms with Gasteiger partial charge in [-0.2, -0.15) is 0 Å². The molecule has 1 saturated heterocycles. The maximum absolute atomic E-state index is 6.32. The summed E-state index contributed by atoms with van der Waals surface area (Å²) in [5, 5.41) is 0.804. The predicted molar refractivity (Wildman–Crippen MR) is 80.9 cm³/mol. The zero-order valence-electron chi connectivity index (χ0n) is 10.9. The van der Waals surface area contributed by atoms with Gasteiger partial charge in [0, 0.05) is 28.6 Å². The van der Waals surface area contributed by atoms with Crippen LogP contribution in [0.3, 0.4) is 0 Å². The Kier molecular flexibility index (Phi) is 4.37. The first-order valence-electron chi connectivity index (χ1n) is 6.32. The van der Waals surface area contributed by atoms with Gasteiger partial charge in [-0.25, -0.2) is 0 Å². The third kappa shape index (κ3) is 3.08. The van der Waals surface area contributed by atoms with Crippen molar-refractivity contribution in [1.29, 1.82) is 0 Å². The van der Waals surface area contributed by atoms with Crippen LogP contribution < -0.4 is 5.73 Å². The normalized spacial score (nSPS) is 21.2. The second kappa shape index (κ2) is 5.49. The molecule has 100 valence electrons. The lowest BCUT2D eigenvalue weighted by molar-refractivity contribution is 0.223. The first kappa shape index (κ1) is 14.3. The second-order valence-corrected chi connectivity index (χ2v) is 7.12. The molecule has 1 unspecified atom stereocenters. The highest BCUT2D eigenvalue weighted by atomic mass is 79.9. The van der Waals surface area contributed by atoms with Gasteiger partial charge in [0.2, 0.25) is 0 Å². The summed E-state index contributed by atoms with van der Waals surface area (Å²) in [4.78, 5) is 2.45. The number of nitrogens with two attached hydrogens (primary N) is 1. The number of halogens is 2. The molecule has 1 aliphatic rings. The molecule has 0 radical (unpaired) electrons. The summed E-state index contributed by atoms with van der Waals surface area (Å²) in [6.45, 7) is 7.40. The van der Waals surface area contributed by atoms with E-state index >= 15 is 0 Å². The highest BCUT2D eigenvalue weighted by Gasteiger charge is 2.33. The lowest BCUT2D eigenvalue weighted by Gasteiger charge is -2.29. The Morgan fingerprint density at radius 1 is 1.50 bits per heavy atom. The average Bonchev–Trinajstić information content (AvgIpc) is 2.65. The summed E-state index contributed by atoms with van der Waals surface area (Å²) < 4.78 is 1.05. The Bertz CT molecular complexity index is 434. The summed E-state index contributed by atoms with van der Waals surface area (Å²) in [6, 6.07) is 6.21. The molecule has 1 aromatic rings.